The summed E-state index contributed by atoms with van der Waals surface area (Å²) in [4.78, 5) is 19.0. The SMILES string of the molecule is CS(=O)(=O)Nc1ccc(-c2cc3c(-c4ccc(C(N)=O)cc4)ccnc3[nH]2)cc1. The Bertz CT molecular complexity index is 1310. The maximum Gasteiger partial charge on any atom is 0.248 e. The summed E-state index contributed by atoms with van der Waals surface area (Å²) >= 11 is 0. The Morgan fingerprint density at radius 1 is 1.00 bits per heavy atom. The topological polar surface area (TPSA) is 118 Å². The standard InChI is InChI=1S/C21H18N4O3S/c1-29(27,28)25-16-8-6-14(7-9-16)19-12-18-17(10-11-23-21(18)24-19)13-2-4-15(5-3-13)20(22)26/h2-12,25H,1H3,(H2,22,26)(H,23,24). The molecule has 0 radical (unpaired) electrons. The average Bonchev–Trinajstić information content (AvgIpc) is 3.11. The van der Waals surface area contributed by atoms with Crippen LogP contribution in [0.25, 0.3) is 33.4 Å². The molecule has 0 saturated carbocycles. The molecular weight excluding hydrogens is 388 g/mol. The van der Waals surface area contributed by atoms with Gasteiger partial charge < -0.3 is 10.7 Å². The van der Waals surface area contributed by atoms with Crippen molar-refractivity contribution in [1.82, 2.24) is 9.97 Å². The minimum atomic E-state index is -3.32. The van der Waals surface area contributed by atoms with Crippen molar-refractivity contribution < 1.29 is 13.2 Å². The van der Waals surface area contributed by atoms with Gasteiger partial charge >= 0.3 is 0 Å². The van der Waals surface area contributed by atoms with Crippen LogP contribution in [-0.2, 0) is 10.0 Å². The minimum absolute atomic E-state index is 0.455. The second kappa shape index (κ2) is 7.06. The Balaban J connectivity index is 1.71. The van der Waals surface area contributed by atoms with Crippen LogP contribution < -0.4 is 10.5 Å². The van der Waals surface area contributed by atoms with Crippen molar-refractivity contribution in [1.29, 1.82) is 0 Å². The van der Waals surface area contributed by atoms with Gasteiger partial charge in [0, 0.05) is 28.5 Å². The van der Waals surface area contributed by atoms with Crippen LogP contribution in [-0.4, -0.2) is 30.5 Å². The highest BCUT2D eigenvalue weighted by molar-refractivity contribution is 7.92. The van der Waals surface area contributed by atoms with Crippen molar-refractivity contribution in [3.63, 3.8) is 0 Å². The maximum absolute atomic E-state index is 11.4. The number of nitrogens with two attached hydrogens (primary N) is 1. The van der Waals surface area contributed by atoms with Crippen molar-refractivity contribution in [2.75, 3.05) is 11.0 Å². The van der Waals surface area contributed by atoms with Gasteiger partial charge in [-0.3, -0.25) is 9.52 Å². The first-order chi connectivity index (χ1) is 13.8. The number of fused-ring (bicyclic) bond motifs is 1. The van der Waals surface area contributed by atoms with Gasteiger partial charge in [-0.1, -0.05) is 24.3 Å². The van der Waals surface area contributed by atoms with Gasteiger partial charge in [-0.15, -0.1) is 0 Å². The largest absolute Gasteiger partial charge is 0.366 e. The summed E-state index contributed by atoms with van der Waals surface area (Å²) in [7, 11) is -3.32. The molecule has 0 bridgehead atoms. The lowest BCUT2D eigenvalue weighted by atomic mass is 10.0. The predicted molar refractivity (Wildman–Crippen MR) is 114 cm³/mol. The van der Waals surface area contributed by atoms with Crippen LogP contribution in [0.15, 0.2) is 66.9 Å². The van der Waals surface area contributed by atoms with Crippen molar-refractivity contribution in [2.24, 2.45) is 5.73 Å². The smallest absolute Gasteiger partial charge is 0.248 e. The molecule has 0 atom stereocenters. The van der Waals surface area contributed by atoms with E-state index in [1.807, 2.05) is 36.4 Å². The van der Waals surface area contributed by atoms with Gasteiger partial charge in [0.25, 0.3) is 0 Å². The van der Waals surface area contributed by atoms with E-state index in [-0.39, 0.29) is 0 Å². The molecule has 0 aliphatic rings. The van der Waals surface area contributed by atoms with Crippen LogP contribution >= 0.6 is 0 Å². The van der Waals surface area contributed by atoms with Crippen LogP contribution in [0.4, 0.5) is 5.69 Å². The first-order valence-electron chi connectivity index (χ1n) is 8.76. The third kappa shape index (κ3) is 3.97. The van der Waals surface area contributed by atoms with Crippen molar-refractivity contribution in [2.45, 2.75) is 0 Å². The third-order valence-corrected chi connectivity index (χ3v) is 5.12. The van der Waals surface area contributed by atoms with Gasteiger partial charge in [0.2, 0.25) is 15.9 Å². The zero-order chi connectivity index (χ0) is 20.6. The van der Waals surface area contributed by atoms with Crippen LogP contribution in [0.3, 0.4) is 0 Å². The number of benzene rings is 2. The second-order valence-electron chi connectivity index (χ2n) is 6.70. The molecule has 4 aromatic rings. The van der Waals surface area contributed by atoms with E-state index in [1.165, 1.54) is 0 Å². The molecule has 8 heteroatoms. The number of aromatic nitrogens is 2. The number of pyridine rings is 1. The number of carbonyl (C=O) groups excluding carboxylic acids is 1. The monoisotopic (exact) mass is 406 g/mol. The summed E-state index contributed by atoms with van der Waals surface area (Å²) in [6, 6.07) is 18.1. The van der Waals surface area contributed by atoms with E-state index in [4.69, 9.17) is 5.73 Å². The van der Waals surface area contributed by atoms with Crippen LogP contribution in [0, 0.1) is 0 Å². The maximum atomic E-state index is 11.4. The van der Waals surface area contributed by atoms with Crippen LogP contribution in [0.1, 0.15) is 10.4 Å². The molecule has 29 heavy (non-hydrogen) atoms. The van der Waals surface area contributed by atoms with E-state index in [2.05, 4.69) is 14.7 Å². The number of anilines is 1. The first kappa shape index (κ1) is 18.7. The molecule has 2 aromatic carbocycles. The molecule has 7 nitrogen and oxygen atoms in total. The van der Waals surface area contributed by atoms with E-state index < -0.39 is 15.9 Å². The number of nitrogens with zero attached hydrogens (tertiary/aromatic N) is 1. The fraction of sp³-hybridized carbons (Fsp3) is 0.0476. The quantitative estimate of drug-likeness (QED) is 0.471. The first-order valence-corrected chi connectivity index (χ1v) is 10.7. The summed E-state index contributed by atoms with van der Waals surface area (Å²) in [6.07, 6.45) is 2.83. The van der Waals surface area contributed by atoms with Gasteiger partial charge in [0.05, 0.1) is 6.26 Å². The van der Waals surface area contributed by atoms with Gasteiger partial charge in [0.1, 0.15) is 5.65 Å². The molecule has 146 valence electrons. The lowest BCUT2D eigenvalue weighted by molar-refractivity contribution is 0.100. The number of H-pyrrole nitrogens is 1. The van der Waals surface area contributed by atoms with Crippen molar-refractivity contribution >= 4 is 32.7 Å². The number of primary amides is 1. The number of rotatable bonds is 5. The number of aromatic amines is 1. The molecule has 0 saturated heterocycles. The Kier molecular flexibility index (Phi) is 4.56. The van der Waals surface area contributed by atoms with Crippen LogP contribution in [0.5, 0.6) is 0 Å². The fourth-order valence-corrected chi connectivity index (χ4v) is 3.74. The highest BCUT2D eigenvalue weighted by atomic mass is 32.2. The minimum Gasteiger partial charge on any atom is -0.366 e. The normalized spacial score (nSPS) is 11.5. The van der Waals surface area contributed by atoms with Gasteiger partial charge in [-0.05, 0) is 53.1 Å². The molecule has 4 rings (SSSR count). The Morgan fingerprint density at radius 2 is 1.66 bits per heavy atom. The van der Waals surface area contributed by atoms with E-state index in [1.54, 1.807) is 30.5 Å². The Labute approximate surface area is 167 Å². The molecule has 0 fully saturated rings. The fourth-order valence-electron chi connectivity index (χ4n) is 3.18. The number of sulfonamides is 1. The number of amides is 1. The molecule has 0 aliphatic heterocycles. The number of nitrogens with one attached hydrogen (secondary N) is 2. The lowest BCUT2D eigenvalue weighted by Crippen LogP contribution is -2.10. The summed E-state index contributed by atoms with van der Waals surface area (Å²) in [5, 5.41) is 0.938. The third-order valence-electron chi connectivity index (χ3n) is 4.51. The van der Waals surface area contributed by atoms with Crippen LogP contribution in [0.2, 0.25) is 0 Å². The molecule has 2 aromatic heterocycles. The van der Waals surface area contributed by atoms with E-state index in [0.29, 0.717) is 11.3 Å². The second-order valence-corrected chi connectivity index (χ2v) is 8.45. The van der Waals surface area contributed by atoms with Gasteiger partial charge in [0.15, 0.2) is 0 Å². The molecule has 2 heterocycles. The molecule has 4 N–H and O–H groups in total. The average molecular weight is 406 g/mol. The van der Waals surface area contributed by atoms with Gasteiger partial charge in [-0.25, -0.2) is 13.4 Å². The van der Waals surface area contributed by atoms with Crippen molar-refractivity contribution in [3.8, 4) is 22.4 Å². The zero-order valence-electron chi connectivity index (χ0n) is 15.5. The predicted octanol–water partition coefficient (Wildman–Crippen LogP) is 3.37. The molecule has 0 aliphatic carbocycles. The lowest BCUT2D eigenvalue weighted by Gasteiger charge is -2.04. The van der Waals surface area contributed by atoms with E-state index >= 15 is 0 Å². The summed E-state index contributed by atoms with van der Waals surface area (Å²) in [6.45, 7) is 0. The molecule has 1 amide bonds. The number of carbonyl (C=O) groups is 1. The zero-order valence-corrected chi connectivity index (χ0v) is 16.3. The van der Waals surface area contributed by atoms with Gasteiger partial charge in [-0.2, -0.15) is 0 Å². The highest BCUT2D eigenvalue weighted by Crippen LogP contribution is 2.31. The molecule has 0 unspecified atom stereocenters. The van der Waals surface area contributed by atoms with E-state index in [9.17, 15) is 13.2 Å². The summed E-state index contributed by atoms with van der Waals surface area (Å²) in [5.41, 5.74) is 10.7. The number of hydrogen-bond donors (Lipinski definition) is 3. The summed E-state index contributed by atoms with van der Waals surface area (Å²) in [5.74, 6) is -0.464. The van der Waals surface area contributed by atoms with E-state index in [0.717, 1.165) is 39.7 Å². The molecule has 0 spiro atoms. The highest BCUT2D eigenvalue weighted by Gasteiger charge is 2.11. The summed E-state index contributed by atoms with van der Waals surface area (Å²) < 4.78 is 25.2. The molecular formula is C21H18N4O3S. The Hall–Kier alpha value is -3.65. The van der Waals surface area contributed by atoms with Crippen molar-refractivity contribution in [3.05, 3.63) is 72.4 Å². The Morgan fingerprint density at radius 3 is 2.28 bits per heavy atom. The number of hydrogen-bond acceptors (Lipinski definition) is 4.